The van der Waals surface area contributed by atoms with E-state index < -0.39 is 23.8 Å². The molecule has 0 atom stereocenters. The van der Waals surface area contributed by atoms with Gasteiger partial charge in [0.05, 0.1) is 27.7 Å². The molecule has 15 heteroatoms. The molecule has 0 unspecified atom stereocenters. The van der Waals surface area contributed by atoms with Crippen LogP contribution in [-0.4, -0.2) is 34.8 Å². The van der Waals surface area contributed by atoms with Gasteiger partial charge in [0.15, 0.2) is 0 Å². The second-order valence-corrected chi connectivity index (χ2v) is 17.6. The molecule has 0 bridgehead atoms. The number of non-ortho nitro benzene ring substituents is 1. The Bertz CT molecular complexity index is 1910. The van der Waals surface area contributed by atoms with E-state index in [1.165, 1.54) is 12.1 Å². The fourth-order valence-electron chi connectivity index (χ4n) is 4.69. The van der Waals surface area contributed by atoms with E-state index in [-0.39, 0.29) is 16.6 Å². The summed E-state index contributed by atoms with van der Waals surface area (Å²) in [5.41, 5.74) is 12.6. The van der Waals surface area contributed by atoms with Crippen LogP contribution < -0.4 is 15.5 Å². The van der Waals surface area contributed by atoms with Crippen LogP contribution in [0.1, 0.15) is 0 Å². The van der Waals surface area contributed by atoms with Gasteiger partial charge < -0.3 is 26.5 Å². The Balaban J connectivity index is 0.000000318. The molecule has 0 heterocycles. The molecular weight excluding hydrogens is 1060 g/mol. The van der Waals surface area contributed by atoms with Crippen LogP contribution in [0.5, 0.6) is 0 Å². The summed E-state index contributed by atoms with van der Waals surface area (Å²) < 4.78 is 3.92. The summed E-state index contributed by atoms with van der Waals surface area (Å²) >= 11 is 13.6. The van der Waals surface area contributed by atoms with Crippen molar-refractivity contribution in [3.8, 4) is 0 Å². The van der Waals surface area contributed by atoms with Crippen molar-refractivity contribution >= 4 is 146 Å². The molecule has 6 aromatic rings. The van der Waals surface area contributed by atoms with E-state index in [1.54, 1.807) is 12.1 Å². The van der Waals surface area contributed by atoms with E-state index >= 15 is 0 Å². The van der Waals surface area contributed by atoms with Crippen LogP contribution >= 0.6 is 81.6 Å². The van der Waals surface area contributed by atoms with E-state index in [4.69, 9.17) is 23.6 Å². The molecule has 8 nitrogen and oxygen atoms in total. The van der Waals surface area contributed by atoms with Gasteiger partial charge in [-0.3, -0.25) is 10.1 Å². The summed E-state index contributed by atoms with van der Waals surface area (Å²) in [7, 11) is 9.87. The summed E-state index contributed by atoms with van der Waals surface area (Å²) in [5, 5.41) is 10.9. The minimum atomic E-state index is -0.826. The van der Waals surface area contributed by atoms with Gasteiger partial charge in [0.25, 0.3) is 5.69 Å². The molecule has 6 aromatic carbocycles. The monoisotopic (exact) mass is 1090 g/mol. The predicted octanol–water partition coefficient (Wildman–Crippen LogP) is 12.2. The standard InChI is InChI=1S/C18H12Br2N2O2.C18H14Br2N2.2ClH.2H2O.Sn/c19-15-5-1-3-7-17(15)21(18-8-4-2-6-16(18)20)13-9-11-14(12-10-13)22(23)24;19-15-5-1-3-7-17(15)22(14-11-9-13(21)10-12-14)18-8-4-2-6-16(18)20;;;;;/h1-12H;1-12H,21H2;2*1H;2*1H2;/q;;;;;;+2/p-2. The Labute approximate surface area is 347 Å². The second kappa shape index (κ2) is 22.4. The van der Waals surface area contributed by atoms with Crippen LogP contribution in [-0.2, 0) is 0 Å². The number of nitrogens with two attached hydrogens (primary N) is 1. The Kier molecular flexibility index (Phi) is 19.6. The molecule has 51 heavy (non-hydrogen) atoms. The summed E-state index contributed by atoms with van der Waals surface area (Å²) in [4.78, 5) is 14.7. The summed E-state index contributed by atoms with van der Waals surface area (Å²) in [6, 6.07) is 46.4. The first-order valence-corrected chi connectivity index (χ1v) is 24.7. The van der Waals surface area contributed by atoms with Crippen LogP contribution in [0.4, 0.5) is 45.5 Å². The molecule has 0 aliphatic carbocycles. The third-order valence-corrected chi connectivity index (χ3v) is 9.53. The third-order valence-electron chi connectivity index (χ3n) is 6.84. The topological polar surface area (TPSA) is 139 Å². The fourth-order valence-corrected chi connectivity index (χ4v) is 6.54. The molecule has 0 spiro atoms. The quantitative estimate of drug-likeness (QED) is 0.0734. The van der Waals surface area contributed by atoms with Crippen molar-refractivity contribution in [2.75, 3.05) is 15.5 Å². The predicted molar refractivity (Wildman–Crippen MR) is 229 cm³/mol. The van der Waals surface area contributed by atoms with Crippen molar-refractivity contribution < 1.29 is 15.9 Å². The van der Waals surface area contributed by atoms with Crippen molar-refractivity contribution in [2.24, 2.45) is 0 Å². The van der Waals surface area contributed by atoms with Crippen molar-refractivity contribution in [2.45, 2.75) is 0 Å². The molecule has 0 fully saturated rings. The Morgan fingerprint density at radius 2 is 0.765 bits per heavy atom. The van der Waals surface area contributed by atoms with Crippen LogP contribution in [0, 0.1) is 10.1 Å². The molecule has 0 aliphatic rings. The van der Waals surface area contributed by atoms with E-state index in [0.717, 1.165) is 57.7 Å². The molecule has 0 aliphatic heterocycles. The van der Waals surface area contributed by atoms with Gasteiger partial charge in [-0.05, 0) is 149 Å². The van der Waals surface area contributed by atoms with E-state index in [2.05, 4.69) is 80.8 Å². The average molecular weight is 1090 g/mol. The number of hydrogen-bond acceptors (Lipinski definition) is 5. The fraction of sp³-hybridized carbons (Fsp3) is 0. The zero-order valence-corrected chi connectivity index (χ0v) is 37.1. The molecule has 6 rings (SSSR count). The number of hydrogen-bond donors (Lipinski definition) is 1. The average Bonchev–Trinajstić information content (AvgIpc) is 3.10. The normalized spacial score (nSPS) is 9.76. The van der Waals surface area contributed by atoms with E-state index in [0.29, 0.717) is 0 Å². The summed E-state index contributed by atoms with van der Waals surface area (Å²) in [5.74, 6) is 0. The number of nitro benzene ring substituents is 1. The molecule has 264 valence electrons. The molecule has 2 radical (unpaired) electrons. The van der Waals surface area contributed by atoms with Crippen LogP contribution in [0.3, 0.4) is 0 Å². The SMILES string of the molecule is Nc1ccc(N(c2ccccc2Br)c2ccccc2Br)cc1.O.O.O=[N+]([O-])c1ccc(N(c2ccccc2Br)c2ccccc2Br)cc1.[Cl][Sn][Cl]. The minimum absolute atomic E-state index is 0. The Morgan fingerprint density at radius 1 is 0.510 bits per heavy atom. The van der Waals surface area contributed by atoms with Gasteiger partial charge in [-0.1, -0.05) is 48.5 Å². The van der Waals surface area contributed by atoms with E-state index in [1.807, 2.05) is 114 Å². The number of nitro groups is 1. The van der Waals surface area contributed by atoms with Gasteiger partial charge in [-0.25, -0.2) is 0 Å². The Morgan fingerprint density at radius 3 is 1.02 bits per heavy atom. The van der Waals surface area contributed by atoms with Crippen LogP contribution in [0.2, 0.25) is 0 Å². The first-order valence-electron chi connectivity index (χ1n) is 14.3. The van der Waals surface area contributed by atoms with Crippen LogP contribution in [0.15, 0.2) is 163 Å². The number of halogens is 6. The second-order valence-electron chi connectivity index (χ2n) is 9.91. The number of nitrogens with zero attached hydrogens (tertiary/aromatic N) is 3. The molecule has 0 saturated heterocycles. The number of nitrogen functional groups attached to an aromatic ring is 1. The van der Waals surface area contributed by atoms with Crippen molar-refractivity contribution in [3.05, 3.63) is 174 Å². The number of rotatable bonds is 7. The maximum atomic E-state index is 10.9. The Hall–Kier alpha value is -2.66. The van der Waals surface area contributed by atoms with Gasteiger partial charge in [0, 0.05) is 47.1 Å². The molecule has 0 saturated carbocycles. The molecule has 0 amide bonds. The van der Waals surface area contributed by atoms with Gasteiger partial charge in [0.2, 0.25) is 0 Å². The van der Waals surface area contributed by atoms with Crippen molar-refractivity contribution in [1.29, 1.82) is 0 Å². The van der Waals surface area contributed by atoms with E-state index in [9.17, 15) is 10.1 Å². The zero-order valence-electron chi connectivity index (χ0n) is 26.4. The molecule has 0 aromatic heterocycles. The summed E-state index contributed by atoms with van der Waals surface area (Å²) in [6.07, 6.45) is 0. The summed E-state index contributed by atoms with van der Waals surface area (Å²) in [6.45, 7) is 0. The van der Waals surface area contributed by atoms with Crippen molar-refractivity contribution in [1.82, 2.24) is 0 Å². The van der Waals surface area contributed by atoms with Gasteiger partial charge in [-0.15, -0.1) is 0 Å². The van der Waals surface area contributed by atoms with Crippen LogP contribution in [0.25, 0.3) is 0 Å². The third kappa shape index (κ3) is 12.2. The zero-order chi connectivity index (χ0) is 35.3. The maximum absolute atomic E-state index is 10.9. The first-order chi connectivity index (χ1) is 23.7. The number of benzene rings is 6. The van der Waals surface area contributed by atoms with Crippen molar-refractivity contribution in [3.63, 3.8) is 0 Å². The molecular formula is C36H30Br4Cl2N4O4Sn. The first kappa shape index (κ1) is 44.5. The van der Waals surface area contributed by atoms with Gasteiger partial charge in [0.1, 0.15) is 0 Å². The number of para-hydroxylation sites is 4. The van der Waals surface area contributed by atoms with Gasteiger partial charge in [-0.2, -0.15) is 0 Å². The van der Waals surface area contributed by atoms with Gasteiger partial charge >= 0.3 is 36.7 Å². The number of anilines is 7. The molecule has 6 N–H and O–H groups in total.